The van der Waals surface area contributed by atoms with Crippen LogP contribution in [0.1, 0.15) is 23.2 Å². The van der Waals surface area contributed by atoms with E-state index in [2.05, 4.69) is 0 Å². The van der Waals surface area contributed by atoms with Gasteiger partial charge >= 0.3 is 5.97 Å². The van der Waals surface area contributed by atoms with E-state index in [9.17, 15) is 9.59 Å². The summed E-state index contributed by atoms with van der Waals surface area (Å²) in [6.45, 7) is 0. The van der Waals surface area contributed by atoms with Crippen LogP contribution in [0.25, 0.3) is 0 Å². The lowest BCUT2D eigenvalue weighted by Gasteiger charge is -2.11. The van der Waals surface area contributed by atoms with Gasteiger partial charge in [0, 0.05) is 11.1 Å². The average molecular weight is 230 g/mol. The second kappa shape index (κ2) is 4.95. The Bertz CT molecular complexity index is 460. The summed E-state index contributed by atoms with van der Waals surface area (Å²) in [7, 11) is 1.35. The van der Waals surface area contributed by atoms with Crippen molar-refractivity contribution in [2.45, 2.75) is 12.8 Å². The first-order valence-corrected chi connectivity index (χ1v) is 5.61. The fraction of sp³-hybridized carbons (Fsp3) is 0.286. The minimum Gasteiger partial charge on any atom is -0.469 e. The zero-order valence-electron chi connectivity index (χ0n) is 9.68. The van der Waals surface area contributed by atoms with E-state index < -0.39 is 5.92 Å². The van der Waals surface area contributed by atoms with Gasteiger partial charge in [0.1, 0.15) is 0 Å². The number of esters is 1. The Labute approximate surface area is 100 Å². The van der Waals surface area contributed by atoms with Gasteiger partial charge in [-0.3, -0.25) is 9.59 Å². The number of Topliss-reactive ketones (excluding diaryl/α,β-unsaturated/α-hetero) is 1. The Morgan fingerprint density at radius 3 is 2.59 bits per heavy atom. The molecule has 3 nitrogen and oxygen atoms in total. The van der Waals surface area contributed by atoms with Crippen molar-refractivity contribution < 1.29 is 14.3 Å². The van der Waals surface area contributed by atoms with Crippen molar-refractivity contribution in [3.8, 4) is 0 Å². The molecule has 0 radical (unpaired) electrons. The van der Waals surface area contributed by atoms with E-state index >= 15 is 0 Å². The molecule has 0 aromatic heterocycles. The fourth-order valence-corrected chi connectivity index (χ4v) is 2.10. The van der Waals surface area contributed by atoms with E-state index in [1.165, 1.54) is 7.11 Å². The van der Waals surface area contributed by atoms with Gasteiger partial charge in [0.2, 0.25) is 0 Å². The molecule has 2 rings (SSSR count). The molecule has 1 aromatic rings. The van der Waals surface area contributed by atoms with Crippen LogP contribution < -0.4 is 0 Å². The molecule has 0 saturated carbocycles. The molecule has 0 bridgehead atoms. The third-order valence-corrected chi connectivity index (χ3v) is 2.98. The van der Waals surface area contributed by atoms with Crippen molar-refractivity contribution in [1.29, 1.82) is 0 Å². The molecule has 1 aliphatic rings. The first-order valence-electron chi connectivity index (χ1n) is 5.61. The van der Waals surface area contributed by atoms with Crippen molar-refractivity contribution in [2.75, 3.05) is 7.11 Å². The zero-order chi connectivity index (χ0) is 12.3. The lowest BCUT2D eigenvalue weighted by atomic mass is 9.94. The second-order valence-electron chi connectivity index (χ2n) is 4.01. The Hall–Kier alpha value is -1.90. The van der Waals surface area contributed by atoms with Gasteiger partial charge in [0.25, 0.3) is 0 Å². The number of hydrogen-bond donors (Lipinski definition) is 0. The van der Waals surface area contributed by atoms with Crippen LogP contribution in [0.3, 0.4) is 0 Å². The summed E-state index contributed by atoms with van der Waals surface area (Å²) in [6.07, 6.45) is 3.27. The number of carbonyl (C=O) groups excluding carboxylic acids is 2. The summed E-state index contributed by atoms with van der Waals surface area (Å²) in [5, 5.41) is 0. The van der Waals surface area contributed by atoms with E-state index in [1.54, 1.807) is 12.1 Å². The van der Waals surface area contributed by atoms with Crippen LogP contribution in [-0.2, 0) is 9.53 Å². The van der Waals surface area contributed by atoms with Crippen LogP contribution >= 0.6 is 0 Å². The van der Waals surface area contributed by atoms with E-state index in [1.807, 2.05) is 24.3 Å². The van der Waals surface area contributed by atoms with E-state index in [-0.39, 0.29) is 11.8 Å². The number of ketones is 1. The SMILES string of the molecule is COC(=O)[C@@H]1CCC=C1C(=O)c1ccccc1. The van der Waals surface area contributed by atoms with Crippen molar-refractivity contribution in [2.24, 2.45) is 5.92 Å². The maximum absolute atomic E-state index is 12.2. The van der Waals surface area contributed by atoms with Crippen LogP contribution in [0, 0.1) is 5.92 Å². The summed E-state index contributed by atoms with van der Waals surface area (Å²) >= 11 is 0. The molecule has 0 amide bonds. The topological polar surface area (TPSA) is 43.4 Å². The van der Waals surface area contributed by atoms with Gasteiger partial charge in [0.15, 0.2) is 5.78 Å². The monoisotopic (exact) mass is 230 g/mol. The third kappa shape index (κ3) is 2.28. The molecule has 3 heteroatoms. The number of carbonyl (C=O) groups is 2. The molecule has 1 aliphatic carbocycles. The van der Waals surface area contributed by atoms with E-state index in [4.69, 9.17) is 4.74 Å². The van der Waals surface area contributed by atoms with E-state index in [0.717, 1.165) is 6.42 Å². The van der Waals surface area contributed by atoms with Gasteiger partial charge in [-0.05, 0) is 12.8 Å². The molecule has 1 atom stereocenters. The maximum Gasteiger partial charge on any atom is 0.313 e. The standard InChI is InChI=1S/C14H14O3/c1-17-14(16)12-9-5-8-11(12)13(15)10-6-3-2-4-7-10/h2-4,6-8,12H,5,9H2,1H3/t12-/m1/s1. The molecule has 0 N–H and O–H groups in total. The lowest BCUT2D eigenvalue weighted by molar-refractivity contribution is -0.143. The van der Waals surface area contributed by atoms with Gasteiger partial charge in [0.05, 0.1) is 13.0 Å². The predicted octanol–water partition coefficient (Wildman–Crippen LogP) is 2.38. The van der Waals surface area contributed by atoms with Gasteiger partial charge in [-0.15, -0.1) is 0 Å². The molecule has 0 saturated heterocycles. The van der Waals surface area contributed by atoms with E-state index in [0.29, 0.717) is 17.6 Å². The number of allylic oxidation sites excluding steroid dienone is 1. The average Bonchev–Trinajstić information content (AvgIpc) is 2.87. The molecular formula is C14H14O3. The second-order valence-corrected chi connectivity index (χ2v) is 4.01. The lowest BCUT2D eigenvalue weighted by Crippen LogP contribution is -2.20. The number of hydrogen-bond acceptors (Lipinski definition) is 3. The zero-order valence-corrected chi connectivity index (χ0v) is 9.68. The highest BCUT2D eigenvalue weighted by Gasteiger charge is 2.31. The van der Waals surface area contributed by atoms with Gasteiger partial charge < -0.3 is 4.74 Å². The van der Waals surface area contributed by atoms with Crippen LogP contribution in [-0.4, -0.2) is 18.9 Å². The van der Waals surface area contributed by atoms with Crippen LogP contribution in [0.4, 0.5) is 0 Å². The molecule has 0 aliphatic heterocycles. The molecular weight excluding hydrogens is 216 g/mol. The van der Waals surface area contributed by atoms with Crippen LogP contribution in [0.15, 0.2) is 42.0 Å². The predicted molar refractivity (Wildman–Crippen MR) is 63.6 cm³/mol. The third-order valence-electron chi connectivity index (χ3n) is 2.98. The fourth-order valence-electron chi connectivity index (χ4n) is 2.10. The summed E-state index contributed by atoms with van der Waals surface area (Å²) in [5.41, 5.74) is 1.19. The Morgan fingerprint density at radius 2 is 1.94 bits per heavy atom. The normalized spacial score (nSPS) is 18.6. The summed E-state index contributed by atoms with van der Waals surface area (Å²) < 4.78 is 4.72. The Kier molecular flexibility index (Phi) is 3.38. The highest BCUT2D eigenvalue weighted by atomic mass is 16.5. The van der Waals surface area contributed by atoms with Crippen LogP contribution in [0.5, 0.6) is 0 Å². The van der Waals surface area contributed by atoms with Gasteiger partial charge in [-0.25, -0.2) is 0 Å². The first kappa shape index (κ1) is 11.6. The quantitative estimate of drug-likeness (QED) is 0.591. The Balaban J connectivity index is 2.23. The number of benzene rings is 1. The van der Waals surface area contributed by atoms with Crippen LogP contribution in [0.2, 0.25) is 0 Å². The molecule has 0 heterocycles. The van der Waals surface area contributed by atoms with Gasteiger partial charge in [-0.1, -0.05) is 36.4 Å². The number of methoxy groups -OCH3 is 1. The highest BCUT2D eigenvalue weighted by Crippen LogP contribution is 2.29. The molecule has 88 valence electrons. The Morgan fingerprint density at radius 1 is 1.24 bits per heavy atom. The van der Waals surface area contributed by atoms with Crippen molar-refractivity contribution in [1.82, 2.24) is 0 Å². The maximum atomic E-state index is 12.2. The summed E-state index contributed by atoms with van der Waals surface area (Å²) in [5.74, 6) is -0.788. The highest BCUT2D eigenvalue weighted by molar-refractivity contribution is 6.11. The minimum absolute atomic E-state index is 0.0708. The first-order chi connectivity index (χ1) is 8.24. The molecule has 0 fully saturated rings. The summed E-state index contributed by atoms with van der Waals surface area (Å²) in [6, 6.07) is 9.01. The molecule has 1 aromatic carbocycles. The number of ether oxygens (including phenoxy) is 1. The molecule has 0 unspecified atom stereocenters. The van der Waals surface area contributed by atoms with Crippen molar-refractivity contribution in [3.05, 3.63) is 47.5 Å². The molecule has 17 heavy (non-hydrogen) atoms. The number of rotatable bonds is 3. The van der Waals surface area contributed by atoms with Gasteiger partial charge in [-0.2, -0.15) is 0 Å². The summed E-state index contributed by atoms with van der Waals surface area (Å²) in [4.78, 5) is 23.7. The smallest absolute Gasteiger partial charge is 0.313 e. The van der Waals surface area contributed by atoms with Crippen molar-refractivity contribution in [3.63, 3.8) is 0 Å². The largest absolute Gasteiger partial charge is 0.469 e. The van der Waals surface area contributed by atoms with Crippen molar-refractivity contribution >= 4 is 11.8 Å². The molecule has 0 spiro atoms. The minimum atomic E-state index is -0.396.